The molecule has 1 atom stereocenters. The zero-order valence-electron chi connectivity index (χ0n) is 14.9. The highest BCUT2D eigenvalue weighted by molar-refractivity contribution is 5.98. The first kappa shape index (κ1) is 20.5. The Bertz CT molecular complexity index is 618. The Labute approximate surface area is 150 Å². The second kappa shape index (κ2) is 7.99. The topological polar surface area (TPSA) is 75.4 Å². The molecule has 2 rings (SSSR count). The van der Waals surface area contributed by atoms with Gasteiger partial charge >= 0.3 is 0 Å². The summed E-state index contributed by atoms with van der Waals surface area (Å²) in [5.41, 5.74) is 8.04. The molecule has 1 heterocycles. The average molecular weight is 354 g/mol. The Balaban J connectivity index is 0.00000288. The summed E-state index contributed by atoms with van der Waals surface area (Å²) in [4.78, 5) is 25.9. The first-order valence-electron chi connectivity index (χ1n) is 8.19. The Hall–Kier alpha value is -1.59. The molecule has 0 radical (unpaired) electrons. The van der Waals surface area contributed by atoms with E-state index < -0.39 is 5.54 Å². The SMILES string of the molecule is CC(=O)N1CCc2cc(C(=O)NC(C)(CN)CC(C)C)ccc21.Cl. The van der Waals surface area contributed by atoms with Crippen molar-refractivity contribution in [3.05, 3.63) is 29.3 Å². The average Bonchev–Trinajstić information content (AvgIpc) is 2.89. The Kier molecular flexibility index (Phi) is 6.81. The van der Waals surface area contributed by atoms with Gasteiger partial charge in [-0.15, -0.1) is 12.4 Å². The van der Waals surface area contributed by atoms with E-state index in [9.17, 15) is 9.59 Å². The second-order valence-corrected chi connectivity index (χ2v) is 7.08. The van der Waals surface area contributed by atoms with Gasteiger partial charge in [0.2, 0.25) is 5.91 Å². The molecular formula is C18H28ClN3O2. The van der Waals surface area contributed by atoms with Gasteiger partial charge in [-0.1, -0.05) is 13.8 Å². The molecule has 0 bridgehead atoms. The van der Waals surface area contributed by atoms with Gasteiger partial charge in [-0.25, -0.2) is 0 Å². The summed E-state index contributed by atoms with van der Waals surface area (Å²) in [6.07, 6.45) is 1.62. The molecule has 0 fully saturated rings. The summed E-state index contributed by atoms with van der Waals surface area (Å²) in [6, 6.07) is 5.53. The summed E-state index contributed by atoms with van der Waals surface area (Å²) >= 11 is 0. The predicted molar refractivity (Wildman–Crippen MR) is 99.8 cm³/mol. The minimum Gasteiger partial charge on any atom is -0.346 e. The van der Waals surface area contributed by atoms with Crippen LogP contribution in [-0.2, 0) is 11.2 Å². The van der Waals surface area contributed by atoms with E-state index in [0.29, 0.717) is 24.6 Å². The fourth-order valence-electron chi connectivity index (χ4n) is 3.30. The monoisotopic (exact) mass is 353 g/mol. The van der Waals surface area contributed by atoms with Crippen molar-refractivity contribution in [1.82, 2.24) is 5.32 Å². The number of benzene rings is 1. The van der Waals surface area contributed by atoms with Gasteiger partial charge in [-0.2, -0.15) is 0 Å². The van der Waals surface area contributed by atoms with Crippen LogP contribution in [0.4, 0.5) is 5.69 Å². The first-order valence-corrected chi connectivity index (χ1v) is 8.19. The number of carbonyl (C=O) groups is 2. The Morgan fingerprint density at radius 3 is 2.58 bits per heavy atom. The van der Waals surface area contributed by atoms with E-state index in [1.165, 1.54) is 0 Å². The fourth-order valence-corrected chi connectivity index (χ4v) is 3.30. The Morgan fingerprint density at radius 1 is 1.38 bits per heavy atom. The number of amides is 2. The van der Waals surface area contributed by atoms with Crippen molar-refractivity contribution in [1.29, 1.82) is 0 Å². The van der Waals surface area contributed by atoms with Gasteiger partial charge in [0.05, 0.1) is 0 Å². The third-order valence-corrected chi connectivity index (χ3v) is 4.34. The molecule has 134 valence electrons. The van der Waals surface area contributed by atoms with Crippen LogP contribution in [0, 0.1) is 5.92 Å². The van der Waals surface area contributed by atoms with Crippen molar-refractivity contribution in [2.24, 2.45) is 11.7 Å². The minimum atomic E-state index is -0.407. The largest absolute Gasteiger partial charge is 0.346 e. The molecule has 1 aromatic rings. The van der Waals surface area contributed by atoms with Gasteiger partial charge in [-0.3, -0.25) is 9.59 Å². The summed E-state index contributed by atoms with van der Waals surface area (Å²) in [5, 5.41) is 3.07. The number of anilines is 1. The number of nitrogens with one attached hydrogen (secondary N) is 1. The van der Waals surface area contributed by atoms with E-state index in [2.05, 4.69) is 19.2 Å². The quantitative estimate of drug-likeness (QED) is 0.854. The lowest BCUT2D eigenvalue weighted by Gasteiger charge is -2.31. The molecule has 6 heteroatoms. The molecule has 0 saturated carbocycles. The highest BCUT2D eigenvalue weighted by Gasteiger charge is 2.28. The third-order valence-electron chi connectivity index (χ3n) is 4.34. The van der Waals surface area contributed by atoms with Crippen molar-refractivity contribution in [2.75, 3.05) is 18.0 Å². The number of nitrogens with two attached hydrogens (primary N) is 1. The van der Waals surface area contributed by atoms with Crippen molar-refractivity contribution in [3.8, 4) is 0 Å². The van der Waals surface area contributed by atoms with Crippen LogP contribution in [0.2, 0.25) is 0 Å². The third kappa shape index (κ3) is 4.48. The standard InChI is InChI=1S/C18H27N3O2.ClH/c1-12(2)10-18(4,11-19)20-17(23)15-5-6-16-14(9-15)7-8-21(16)13(3)22;/h5-6,9,12H,7-8,10-11,19H2,1-4H3,(H,20,23);1H. The van der Waals surface area contributed by atoms with Crippen LogP contribution in [-0.4, -0.2) is 30.4 Å². The lowest BCUT2D eigenvalue weighted by Crippen LogP contribution is -2.52. The zero-order chi connectivity index (χ0) is 17.2. The normalized spacial score (nSPS) is 15.5. The molecule has 5 nitrogen and oxygen atoms in total. The van der Waals surface area contributed by atoms with Gasteiger partial charge in [-0.05, 0) is 49.4 Å². The van der Waals surface area contributed by atoms with E-state index in [0.717, 1.165) is 24.1 Å². The van der Waals surface area contributed by atoms with Crippen molar-refractivity contribution < 1.29 is 9.59 Å². The fraction of sp³-hybridized carbons (Fsp3) is 0.556. The number of carbonyl (C=O) groups excluding carboxylic acids is 2. The molecule has 0 aliphatic carbocycles. The summed E-state index contributed by atoms with van der Waals surface area (Å²) in [6.45, 7) is 8.87. The second-order valence-electron chi connectivity index (χ2n) is 7.08. The van der Waals surface area contributed by atoms with Crippen LogP contribution < -0.4 is 16.0 Å². The lowest BCUT2D eigenvalue weighted by atomic mass is 9.90. The number of nitrogens with zero attached hydrogens (tertiary/aromatic N) is 1. The van der Waals surface area contributed by atoms with Gasteiger partial charge < -0.3 is 16.0 Å². The summed E-state index contributed by atoms with van der Waals surface area (Å²) < 4.78 is 0. The molecule has 0 aromatic heterocycles. The molecule has 1 aliphatic heterocycles. The molecule has 3 N–H and O–H groups in total. The van der Waals surface area contributed by atoms with Gasteiger partial charge in [0.1, 0.15) is 0 Å². The number of fused-ring (bicyclic) bond motifs is 1. The summed E-state index contributed by atoms with van der Waals surface area (Å²) in [5.74, 6) is 0.379. The number of hydrogen-bond donors (Lipinski definition) is 2. The molecule has 2 amide bonds. The number of rotatable bonds is 5. The zero-order valence-corrected chi connectivity index (χ0v) is 15.7. The molecule has 24 heavy (non-hydrogen) atoms. The van der Waals surface area contributed by atoms with Crippen LogP contribution in [0.15, 0.2) is 18.2 Å². The maximum absolute atomic E-state index is 12.6. The molecule has 0 saturated heterocycles. The van der Waals surface area contributed by atoms with Crippen molar-refractivity contribution in [2.45, 2.75) is 46.1 Å². The maximum atomic E-state index is 12.6. The van der Waals surface area contributed by atoms with E-state index in [4.69, 9.17) is 5.73 Å². The van der Waals surface area contributed by atoms with E-state index >= 15 is 0 Å². The molecule has 1 aliphatic rings. The highest BCUT2D eigenvalue weighted by atomic mass is 35.5. The van der Waals surface area contributed by atoms with Gasteiger partial charge in [0.25, 0.3) is 5.91 Å². The van der Waals surface area contributed by atoms with Crippen LogP contribution >= 0.6 is 12.4 Å². The molecular weight excluding hydrogens is 326 g/mol. The lowest BCUT2D eigenvalue weighted by molar-refractivity contribution is -0.116. The van der Waals surface area contributed by atoms with Crippen molar-refractivity contribution >= 4 is 29.9 Å². The van der Waals surface area contributed by atoms with Gasteiger partial charge in [0, 0.05) is 36.8 Å². The van der Waals surface area contributed by atoms with Crippen LogP contribution in [0.1, 0.15) is 50.0 Å². The van der Waals surface area contributed by atoms with E-state index in [1.807, 2.05) is 19.1 Å². The van der Waals surface area contributed by atoms with Crippen LogP contribution in [0.25, 0.3) is 0 Å². The van der Waals surface area contributed by atoms with Crippen molar-refractivity contribution in [3.63, 3.8) is 0 Å². The van der Waals surface area contributed by atoms with Crippen LogP contribution in [0.3, 0.4) is 0 Å². The van der Waals surface area contributed by atoms with E-state index in [1.54, 1.807) is 17.9 Å². The maximum Gasteiger partial charge on any atom is 0.251 e. The molecule has 0 spiro atoms. The highest BCUT2D eigenvalue weighted by Crippen LogP contribution is 2.29. The van der Waals surface area contributed by atoms with E-state index in [-0.39, 0.29) is 24.2 Å². The summed E-state index contributed by atoms with van der Waals surface area (Å²) in [7, 11) is 0. The first-order chi connectivity index (χ1) is 10.8. The minimum absolute atomic E-state index is 0. The predicted octanol–water partition coefficient (Wildman–Crippen LogP) is 2.51. The van der Waals surface area contributed by atoms with Gasteiger partial charge in [0.15, 0.2) is 0 Å². The molecule has 1 aromatic carbocycles. The molecule has 1 unspecified atom stereocenters. The van der Waals surface area contributed by atoms with Crippen LogP contribution in [0.5, 0.6) is 0 Å². The number of hydrogen-bond acceptors (Lipinski definition) is 3. The number of halogens is 1. The smallest absolute Gasteiger partial charge is 0.251 e. The Morgan fingerprint density at radius 2 is 2.04 bits per heavy atom.